The second-order valence-corrected chi connectivity index (χ2v) is 3.68. The first-order chi connectivity index (χ1) is 7.34. The number of aryl methyl sites for hydroxylation is 1. The molecule has 1 heterocycles. The van der Waals surface area contributed by atoms with Gasteiger partial charge in [0.1, 0.15) is 6.33 Å². The Labute approximate surface area is 87.6 Å². The van der Waals surface area contributed by atoms with Crippen molar-refractivity contribution >= 4 is 21.7 Å². The Balaban J connectivity index is 2.53. The van der Waals surface area contributed by atoms with E-state index >= 15 is 0 Å². The molecule has 2 nitrogen and oxygen atoms in total. The molecule has 1 aromatic heterocycles. The minimum atomic E-state index is 1.02. The lowest BCUT2D eigenvalue weighted by Gasteiger charge is -2.02. The lowest BCUT2D eigenvalue weighted by atomic mass is 10.1. The molecular weight excluding hydrogens is 184 g/mol. The van der Waals surface area contributed by atoms with Crippen LogP contribution >= 0.6 is 0 Å². The largest absolute Gasteiger partial charge is 0.241 e. The molecule has 0 amide bonds. The summed E-state index contributed by atoms with van der Waals surface area (Å²) >= 11 is 0. The molecule has 0 aliphatic heterocycles. The smallest absolute Gasteiger partial charge is 0.116 e. The maximum absolute atomic E-state index is 4.28. The van der Waals surface area contributed by atoms with Crippen LogP contribution in [0, 0.1) is 6.92 Å². The summed E-state index contributed by atoms with van der Waals surface area (Å²) in [7, 11) is 0. The fourth-order valence-electron chi connectivity index (χ4n) is 1.87. The van der Waals surface area contributed by atoms with Crippen molar-refractivity contribution in [2.45, 2.75) is 6.92 Å². The second kappa shape index (κ2) is 3.02. The maximum Gasteiger partial charge on any atom is 0.116 e. The van der Waals surface area contributed by atoms with Crippen LogP contribution in [0.3, 0.4) is 0 Å². The third-order valence-corrected chi connectivity index (χ3v) is 2.70. The fourth-order valence-corrected chi connectivity index (χ4v) is 1.87. The minimum Gasteiger partial charge on any atom is -0.241 e. The molecule has 0 bridgehead atoms. The van der Waals surface area contributed by atoms with Crippen molar-refractivity contribution in [1.82, 2.24) is 9.97 Å². The van der Waals surface area contributed by atoms with Crippen LogP contribution in [0.4, 0.5) is 0 Å². The number of nitrogens with zero attached hydrogens (tertiary/aromatic N) is 2. The van der Waals surface area contributed by atoms with E-state index in [1.165, 1.54) is 10.8 Å². The van der Waals surface area contributed by atoms with Crippen LogP contribution in [0.1, 0.15) is 5.69 Å². The monoisotopic (exact) mass is 194 g/mol. The first-order valence-corrected chi connectivity index (χ1v) is 4.95. The fraction of sp³-hybridized carbons (Fsp3) is 0.0769. The first-order valence-electron chi connectivity index (χ1n) is 4.95. The van der Waals surface area contributed by atoms with Gasteiger partial charge in [0.15, 0.2) is 0 Å². The molecule has 0 unspecified atom stereocenters. The standard InChI is InChI=1S/C13H10N2/c1-9-12-6-10-4-2-3-5-11(10)7-13(12)15-8-14-9/h2-8H,1H3. The van der Waals surface area contributed by atoms with Gasteiger partial charge >= 0.3 is 0 Å². The van der Waals surface area contributed by atoms with Crippen LogP contribution < -0.4 is 0 Å². The van der Waals surface area contributed by atoms with Crippen LogP contribution in [0.2, 0.25) is 0 Å². The summed E-state index contributed by atoms with van der Waals surface area (Å²) in [4.78, 5) is 8.48. The molecule has 0 radical (unpaired) electrons. The van der Waals surface area contributed by atoms with Gasteiger partial charge in [0.2, 0.25) is 0 Å². The average molecular weight is 194 g/mol. The van der Waals surface area contributed by atoms with E-state index in [1.54, 1.807) is 6.33 Å². The zero-order chi connectivity index (χ0) is 10.3. The Hall–Kier alpha value is -1.96. The molecule has 2 heteroatoms. The molecule has 15 heavy (non-hydrogen) atoms. The summed E-state index contributed by atoms with van der Waals surface area (Å²) in [6.07, 6.45) is 1.62. The maximum atomic E-state index is 4.28. The Kier molecular flexibility index (Phi) is 1.68. The SMILES string of the molecule is Cc1ncnc2cc3ccccc3cc12. The van der Waals surface area contributed by atoms with Crippen molar-refractivity contribution in [1.29, 1.82) is 0 Å². The second-order valence-electron chi connectivity index (χ2n) is 3.68. The molecule has 3 aromatic rings. The summed E-state index contributed by atoms with van der Waals surface area (Å²) in [5.74, 6) is 0. The number of rotatable bonds is 0. The minimum absolute atomic E-state index is 1.02. The van der Waals surface area contributed by atoms with E-state index in [4.69, 9.17) is 0 Å². The number of benzene rings is 2. The highest BCUT2D eigenvalue weighted by Gasteiger charge is 2.01. The van der Waals surface area contributed by atoms with Crippen LogP contribution in [0.5, 0.6) is 0 Å². The molecule has 0 N–H and O–H groups in total. The van der Waals surface area contributed by atoms with Crippen molar-refractivity contribution < 1.29 is 0 Å². The van der Waals surface area contributed by atoms with Gasteiger partial charge < -0.3 is 0 Å². The highest BCUT2D eigenvalue weighted by molar-refractivity contribution is 5.97. The van der Waals surface area contributed by atoms with E-state index in [-0.39, 0.29) is 0 Å². The van der Waals surface area contributed by atoms with Gasteiger partial charge in [-0.15, -0.1) is 0 Å². The highest BCUT2D eigenvalue weighted by atomic mass is 14.8. The molecule has 0 aliphatic rings. The van der Waals surface area contributed by atoms with Crippen LogP contribution in [-0.4, -0.2) is 9.97 Å². The van der Waals surface area contributed by atoms with Gasteiger partial charge in [-0.05, 0) is 29.8 Å². The third-order valence-electron chi connectivity index (χ3n) is 2.70. The van der Waals surface area contributed by atoms with Gasteiger partial charge in [-0.25, -0.2) is 9.97 Å². The van der Waals surface area contributed by atoms with E-state index in [2.05, 4.69) is 34.2 Å². The first kappa shape index (κ1) is 8.36. The van der Waals surface area contributed by atoms with Crippen LogP contribution in [-0.2, 0) is 0 Å². The molecule has 2 aromatic carbocycles. The van der Waals surface area contributed by atoms with E-state index in [9.17, 15) is 0 Å². The molecule has 0 saturated carbocycles. The quantitative estimate of drug-likeness (QED) is 0.514. The number of hydrogen-bond acceptors (Lipinski definition) is 2. The van der Waals surface area contributed by atoms with Crippen molar-refractivity contribution in [3.05, 3.63) is 48.4 Å². The third kappa shape index (κ3) is 1.26. The lowest BCUT2D eigenvalue weighted by Crippen LogP contribution is -1.87. The Morgan fingerprint density at radius 2 is 1.67 bits per heavy atom. The van der Waals surface area contributed by atoms with Crippen LogP contribution in [0.25, 0.3) is 21.7 Å². The molecule has 0 aliphatic carbocycles. The molecule has 0 atom stereocenters. The van der Waals surface area contributed by atoms with Gasteiger partial charge in [0, 0.05) is 11.1 Å². The van der Waals surface area contributed by atoms with Crippen molar-refractivity contribution in [3.63, 3.8) is 0 Å². The molecular formula is C13H10N2. The molecule has 72 valence electrons. The van der Waals surface area contributed by atoms with Gasteiger partial charge in [-0.3, -0.25) is 0 Å². The van der Waals surface area contributed by atoms with E-state index in [0.717, 1.165) is 16.6 Å². The van der Waals surface area contributed by atoms with Crippen molar-refractivity contribution in [2.75, 3.05) is 0 Å². The number of fused-ring (bicyclic) bond motifs is 2. The van der Waals surface area contributed by atoms with Gasteiger partial charge in [0.05, 0.1) is 5.52 Å². The summed E-state index contributed by atoms with van der Waals surface area (Å²) in [5.41, 5.74) is 2.05. The number of aromatic nitrogens is 2. The van der Waals surface area contributed by atoms with Crippen molar-refractivity contribution in [3.8, 4) is 0 Å². The average Bonchev–Trinajstić information content (AvgIpc) is 2.27. The van der Waals surface area contributed by atoms with E-state index in [0.29, 0.717) is 0 Å². The summed E-state index contributed by atoms with van der Waals surface area (Å²) in [6.45, 7) is 2.01. The molecule has 0 spiro atoms. The highest BCUT2D eigenvalue weighted by Crippen LogP contribution is 2.22. The predicted octanol–water partition coefficient (Wildman–Crippen LogP) is 3.09. The topological polar surface area (TPSA) is 25.8 Å². The van der Waals surface area contributed by atoms with Gasteiger partial charge in [-0.1, -0.05) is 24.3 Å². The Bertz CT molecular complexity index is 644. The van der Waals surface area contributed by atoms with Gasteiger partial charge in [0.25, 0.3) is 0 Å². The zero-order valence-corrected chi connectivity index (χ0v) is 8.44. The van der Waals surface area contributed by atoms with Crippen LogP contribution in [0.15, 0.2) is 42.7 Å². The van der Waals surface area contributed by atoms with E-state index in [1.807, 2.05) is 19.1 Å². The Morgan fingerprint density at radius 1 is 0.933 bits per heavy atom. The lowest BCUT2D eigenvalue weighted by molar-refractivity contribution is 1.15. The number of hydrogen-bond donors (Lipinski definition) is 0. The van der Waals surface area contributed by atoms with Gasteiger partial charge in [-0.2, -0.15) is 0 Å². The molecule has 0 fully saturated rings. The normalized spacial score (nSPS) is 11.0. The van der Waals surface area contributed by atoms with Crippen molar-refractivity contribution in [2.24, 2.45) is 0 Å². The predicted molar refractivity (Wildman–Crippen MR) is 61.8 cm³/mol. The summed E-state index contributed by atoms with van der Waals surface area (Å²) < 4.78 is 0. The van der Waals surface area contributed by atoms with E-state index < -0.39 is 0 Å². The summed E-state index contributed by atoms with van der Waals surface area (Å²) in [6, 6.07) is 12.6. The Morgan fingerprint density at radius 3 is 2.47 bits per heavy atom. The summed E-state index contributed by atoms with van der Waals surface area (Å²) in [5, 5.41) is 3.60. The molecule has 3 rings (SSSR count). The molecule has 0 saturated heterocycles. The zero-order valence-electron chi connectivity index (χ0n) is 8.44.